The van der Waals surface area contributed by atoms with Crippen molar-refractivity contribution in [3.05, 3.63) is 54.1 Å². The van der Waals surface area contributed by atoms with Crippen molar-refractivity contribution in [2.24, 2.45) is 0 Å². The Labute approximate surface area is 243 Å². The maximum Gasteiger partial charge on any atom is 0.305 e. The van der Waals surface area contributed by atoms with Gasteiger partial charge < -0.3 is 19.5 Å². The summed E-state index contributed by atoms with van der Waals surface area (Å²) >= 11 is 0. The fourth-order valence-corrected chi connectivity index (χ4v) is 5.39. The molecule has 4 heterocycles. The zero-order valence-electron chi connectivity index (χ0n) is 24.4. The lowest BCUT2D eigenvalue weighted by Crippen LogP contribution is -2.46. The van der Waals surface area contributed by atoms with Crippen molar-refractivity contribution in [2.75, 3.05) is 50.1 Å². The van der Waals surface area contributed by atoms with Gasteiger partial charge in [-0.25, -0.2) is 28.7 Å². The number of pyridine rings is 1. The summed E-state index contributed by atoms with van der Waals surface area (Å²) in [7, 11) is 1.42. The number of benzene rings is 1. The number of fused-ring (bicyclic) bond motifs is 1. The topological polar surface area (TPSA) is 101 Å². The summed E-state index contributed by atoms with van der Waals surface area (Å²) in [6.45, 7) is 10.4. The highest BCUT2D eigenvalue weighted by Gasteiger charge is 2.20. The Bertz CT molecular complexity index is 1550. The molecule has 1 saturated heterocycles. The number of piperazine rings is 1. The highest BCUT2D eigenvalue weighted by atomic mass is 19.1. The van der Waals surface area contributed by atoms with Gasteiger partial charge >= 0.3 is 5.97 Å². The molecule has 12 heteroatoms. The molecule has 1 aliphatic rings. The van der Waals surface area contributed by atoms with Crippen LogP contribution in [0.1, 0.15) is 45.0 Å². The van der Waals surface area contributed by atoms with Gasteiger partial charge in [0.05, 0.1) is 30.7 Å². The number of nitrogens with zero attached hydrogens (tertiary/aromatic N) is 7. The molecule has 0 atom stereocenters. The number of nitrogens with one attached hydrogen (secondary N) is 1. The Hall–Kier alpha value is -4.19. The summed E-state index contributed by atoms with van der Waals surface area (Å²) in [5.41, 5.74) is 2.13. The predicted octanol–water partition coefficient (Wildman–Crippen LogP) is 5.26. The van der Waals surface area contributed by atoms with E-state index in [0.717, 1.165) is 57.4 Å². The number of aryl methyl sites for hydroxylation is 1. The number of hydrogen-bond acceptors (Lipinski definition) is 9. The Balaban J connectivity index is 1.23. The molecule has 3 aromatic heterocycles. The molecule has 10 nitrogen and oxygen atoms in total. The van der Waals surface area contributed by atoms with Crippen LogP contribution in [0, 0.1) is 18.6 Å². The molecular weight excluding hydrogens is 542 g/mol. The maximum atomic E-state index is 15.0. The molecule has 0 amide bonds. The summed E-state index contributed by atoms with van der Waals surface area (Å²) in [5.74, 6) is 0.00394. The summed E-state index contributed by atoms with van der Waals surface area (Å²) in [6, 6.07) is 6.83. The molecule has 1 aromatic carbocycles. The number of unbranched alkanes of at least 4 members (excludes halogenated alkanes) is 1. The summed E-state index contributed by atoms with van der Waals surface area (Å²) in [5, 5.41) is 3.03. The first-order valence-corrected chi connectivity index (χ1v) is 14.2. The van der Waals surface area contributed by atoms with Gasteiger partial charge in [-0.2, -0.15) is 0 Å². The maximum absolute atomic E-state index is 15.0. The van der Waals surface area contributed by atoms with Crippen LogP contribution in [-0.2, 0) is 9.53 Å². The number of rotatable bonds is 10. The minimum Gasteiger partial charge on any atom is -0.469 e. The van der Waals surface area contributed by atoms with Gasteiger partial charge in [-0.05, 0) is 64.4 Å². The molecule has 0 bridgehead atoms. The molecule has 1 N–H and O–H groups in total. The number of imidazole rings is 1. The molecule has 0 radical (unpaired) electrons. The van der Waals surface area contributed by atoms with E-state index in [1.54, 1.807) is 12.3 Å². The Kier molecular flexibility index (Phi) is 8.91. The van der Waals surface area contributed by atoms with Crippen LogP contribution in [0.3, 0.4) is 0 Å². The number of halogens is 2. The van der Waals surface area contributed by atoms with E-state index in [4.69, 9.17) is 4.74 Å². The molecule has 42 heavy (non-hydrogen) atoms. The monoisotopic (exact) mass is 578 g/mol. The smallest absolute Gasteiger partial charge is 0.305 e. The van der Waals surface area contributed by atoms with Crippen molar-refractivity contribution in [3.63, 3.8) is 0 Å². The van der Waals surface area contributed by atoms with E-state index in [9.17, 15) is 9.18 Å². The van der Waals surface area contributed by atoms with Crippen LogP contribution in [0.2, 0.25) is 0 Å². The largest absolute Gasteiger partial charge is 0.469 e. The zero-order chi connectivity index (χ0) is 29.8. The molecule has 0 unspecified atom stereocenters. The average molecular weight is 579 g/mol. The Morgan fingerprint density at radius 1 is 1.02 bits per heavy atom. The van der Waals surface area contributed by atoms with Gasteiger partial charge in [0.2, 0.25) is 5.95 Å². The molecule has 0 saturated carbocycles. The van der Waals surface area contributed by atoms with Crippen LogP contribution >= 0.6 is 0 Å². The first-order valence-electron chi connectivity index (χ1n) is 14.2. The van der Waals surface area contributed by atoms with Crippen molar-refractivity contribution >= 4 is 34.5 Å². The van der Waals surface area contributed by atoms with Crippen molar-refractivity contribution in [3.8, 4) is 11.3 Å². The fourth-order valence-electron chi connectivity index (χ4n) is 5.39. The fraction of sp³-hybridized carbons (Fsp3) is 0.433. The number of anilines is 3. The molecular formula is C30H36F2N8O2. The molecule has 0 spiro atoms. The zero-order valence-corrected chi connectivity index (χ0v) is 24.4. The van der Waals surface area contributed by atoms with Crippen LogP contribution in [-0.4, -0.2) is 75.2 Å². The molecule has 1 fully saturated rings. The van der Waals surface area contributed by atoms with Gasteiger partial charge in [0, 0.05) is 44.2 Å². The summed E-state index contributed by atoms with van der Waals surface area (Å²) < 4.78 is 36.5. The van der Waals surface area contributed by atoms with E-state index in [1.807, 2.05) is 37.5 Å². The quantitative estimate of drug-likeness (QED) is 0.199. The van der Waals surface area contributed by atoms with Crippen LogP contribution in [0.5, 0.6) is 0 Å². The molecule has 4 aromatic rings. The Morgan fingerprint density at radius 2 is 1.81 bits per heavy atom. The number of hydrogen-bond donors (Lipinski definition) is 1. The van der Waals surface area contributed by atoms with Gasteiger partial charge in [0.15, 0.2) is 11.6 Å². The number of carbonyl (C=O) groups is 1. The second-order valence-electron chi connectivity index (χ2n) is 10.7. The lowest BCUT2D eigenvalue weighted by Gasteiger charge is -2.36. The molecule has 1 aliphatic heterocycles. The van der Waals surface area contributed by atoms with Crippen LogP contribution in [0.4, 0.5) is 26.2 Å². The van der Waals surface area contributed by atoms with Gasteiger partial charge in [-0.15, -0.1) is 0 Å². The van der Waals surface area contributed by atoms with Gasteiger partial charge in [0.25, 0.3) is 0 Å². The van der Waals surface area contributed by atoms with Crippen molar-refractivity contribution in [1.82, 2.24) is 29.4 Å². The third-order valence-corrected chi connectivity index (χ3v) is 7.52. The van der Waals surface area contributed by atoms with E-state index in [0.29, 0.717) is 29.1 Å². The number of ether oxygens (including phenoxy) is 1. The second kappa shape index (κ2) is 12.8. The summed E-state index contributed by atoms with van der Waals surface area (Å²) in [6.07, 6.45) is 5.13. The van der Waals surface area contributed by atoms with E-state index < -0.39 is 11.6 Å². The van der Waals surface area contributed by atoms with Gasteiger partial charge in [-0.3, -0.25) is 9.69 Å². The van der Waals surface area contributed by atoms with Crippen molar-refractivity contribution in [2.45, 2.75) is 46.1 Å². The van der Waals surface area contributed by atoms with Gasteiger partial charge in [0.1, 0.15) is 22.9 Å². The lowest BCUT2D eigenvalue weighted by molar-refractivity contribution is -0.140. The van der Waals surface area contributed by atoms with Gasteiger partial charge in [-0.1, -0.05) is 0 Å². The number of esters is 1. The van der Waals surface area contributed by atoms with E-state index >= 15 is 4.39 Å². The molecule has 5 rings (SSSR count). The second-order valence-corrected chi connectivity index (χ2v) is 10.7. The lowest BCUT2D eigenvalue weighted by atomic mass is 10.1. The minimum atomic E-state index is -0.655. The highest BCUT2D eigenvalue weighted by molar-refractivity contribution is 5.83. The normalized spacial score (nSPS) is 14.1. The molecule has 0 aliphatic carbocycles. The number of carbonyl (C=O) groups excluding carboxylic acids is 1. The predicted molar refractivity (Wildman–Crippen MR) is 158 cm³/mol. The van der Waals surface area contributed by atoms with E-state index in [-0.39, 0.29) is 29.2 Å². The van der Waals surface area contributed by atoms with Crippen LogP contribution < -0.4 is 10.2 Å². The third-order valence-electron chi connectivity index (χ3n) is 7.52. The van der Waals surface area contributed by atoms with Crippen LogP contribution in [0.15, 0.2) is 36.7 Å². The van der Waals surface area contributed by atoms with Crippen LogP contribution in [0.25, 0.3) is 22.3 Å². The SMILES string of the molecule is COC(=O)CCCCN1CCN(c2ccc(Nc3ncc(F)c(-c4cc(F)c5nc(C)n(C(C)C)c5c4)n3)nc2)CC1. The average Bonchev–Trinajstić information content (AvgIpc) is 3.33. The number of aromatic nitrogens is 5. The van der Waals surface area contributed by atoms with E-state index in [1.165, 1.54) is 13.2 Å². The van der Waals surface area contributed by atoms with Crippen molar-refractivity contribution in [1.29, 1.82) is 0 Å². The molecule has 222 valence electrons. The Morgan fingerprint density at radius 3 is 2.50 bits per heavy atom. The first kappa shape index (κ1) is 29.3. The standard InChI is InChI=1S/C30H36F2N8O2/c1-19(2)40-20(3)35-29-23(31)15-21(16-25(29)40)28-24(32)18-34-30(37-28)36-26-9-8-22(17-33-26)39-13-11-38(12-14-39)10-6-5-7-27(41)42-4/h8-9,15-19H,5-7,10-14H2,1-4H3,(H,33,34,36,37). The van der Waals surface area contributed by atoms with E-state index in [2.05, 4.69) is 35.1 Å². The third kappa shape index (κ3) is 6.48. The van der Waals surface area contributed by atoms with Crippen molar-refractivity contribution < 1.29 is 18.3 Å². The highest BCUT2D eigenvalue weighted by Crippen LogP contribution is 2.30. The number of methoxy groups -OCH3 is 1. The minimum absolute atomic E-state index is 0.0118. The first-order chi connectivity index (χ1) is 20.2. The summed E-state index contributed by atoms with van der Waals surface area (Å²) in [4.78, 5) is 33.2.